The third-order valence-electron chi connectivity index (χ3n) is 3.00. The van der Waals surface area contributed by atoms with E-state index in [2.05, 4.69) is 20.6 Å². The number of rotatable bonds is 6. The van der Waals surface area contributed by atoms with Gasteiger partial charge in [0.2, 0.25) is 0 Å². The number of alkyl carbamates (subject to hydrolysis) is 1. The molecular formula is C18H24N4O2. The summed E-state index contributed by atoms with van der Waals surface area (Å²) in [7, 11) is 0. The van der Waals surface area contributed by atoms with Crippen LogP contribution in [0.15, 0.2) is 42.6 Å². The molecule has 0 fully saturated rings. The first-order chi connectivity index (χ1) is 11.4. The molecule has 128 valence electrons. The smallest absolute Gasteiger partial charge is 0.407 e. The van der Waals surface area contributed by atoms with Crippen LogP contribution in [0.4, 0.5) is 4.79 Å². The Morgan fingerprint density at radius 3 is 2.62 bits per heavy atom. The number of para-hydroxylation sites is 2. The van der Waals surface area contributed by atoms with Crippen molar-refractivity contribution in [1.82, 2.24) is 20.6 Å². The number of benzene rings is 1. The molecule has 2 aromatic rings. The molecule has 0 radical (unpaired) electrons. The van der Waals surface area contributed by atoms with Crippen LogP contribution in [0.1, 0.15) is 26.5 Å². The maximum atomic E-state index is 11.4. The zero-order valence-electron chi connectivity index (χ0n) is 14.4. The number of carbonyl (C=O) groups excluding carboxylic acids is 1. The second kappa shape index (κ2) is 8.40. The van der Waals surface area contributed by atoms with Gasteiger partial charge in [-0.25, -0.2) is 9.78 Å². The van der Waals surface area contributed by atoms with Gasteiger partial charge in [-0.1, -0.05) is 24.3 Å². The highest BCUT2D eigenvalue weighted by Gasteiger charge is 2.14. The van der Waals surface area contributed by atoms with Gasteiger partial charge in [-0.3, -0.25) is 4.98 Å². The average Bonchev–Trinajstić information content (AvgIpc) is 2.52. The largest absolute Gasteiger partial charge is 0.444 e. The molecule has 0 unspecified atom stereocenters. The molecular weight excluding hydrogens is 304 g/mol. The van der Waals surface area contributed by atoms with Crippen LogP contribution in [0, 0.1) is 0 Å². The van der Waals surface area contributed by atoms with Gasteiger partial charge in [-0.05, 0) is 32.9 Å². The SMILES string of the molecule is CC(C)(C)OC(=O)NC/C=C/CNCc1cnc2ccccc2n1. The van der Waals surface area contributed by atoms with E-state index in [-0.39, 0.29) is 0 Å². The summed E-state index contributed by atoms with van der Waals surface area (Å²) in [5, 5.41) is 5.93. The third kappa shape index (κ3) is 6.34. The highest BCUT2D eigenvalue weighted by atomic mass is 16.6. The molecule has 0 aliphatic rings. The molecule has 1 heterocycles. The molecule has 1 aromatic carbocycles. The number of nitrogens with zero attached hydrogens (tertiary/aromatic N) is 2. The van der Waals surface area contributed by atoms with Crippen molar-refractivity contribution in [1.29, 1.82) is 0 Å². The Labute approximate surface area is 142 Å². The predicted molar refractivity (Wildman–Crippen MR) is 94.6 cm³/mol. The van der Waals surface area contributed by atoms with E-state index in [0.717, 1.165) is 16.7 Å². The van der Waals surface area contributed by atoms with Crippen LogP contribution in [0.3, 0.4) is 0 Å². The van der Waals surface area contributed by atoms with Crippen LogP contribution in [0.5, 0.6) is 0 Å². The van der Waals surface area contributed by atoms with E-state index in [0.29, 0.717) is 19.6 Å². The van der Waals surface area contributed by atoms with E-state index < -0.39 is 11.7 Å². The average molecular weight is 328 g/mol. The lowest BCUT2D eigenvalue weighted by Crippen LogP contribution is -2.32. The Balaban J connectivity index is 1.66. The van der Waals surface area contributed by atoms with E-state index in [1.165, 1.54) is 0 Å². The van der Waals surface area contributed by atoms with Crippen LogP contribution >= 0.6 is 0 Å². The summed E-state index contributed by atoms with van der Waals surface area (Å²) in [6, 6.07) is 7.80. The van der Waals surface area contributed by atoms with Crippen LogP contribution in [0.2, 0.25) is 0 Å². The van der Waals surface area contributed by atoms with Crippen molar-refractivity contribution in [3.05, 3.63) is 48.3 Å². The van der Waals surface area contributed by atoms with E-state index in [4.69, 9.17) is 4.74 Å². The summed E-state index contributed by atoms with van der Waals surface area (Å²) in [6.45, 7) is 7.27. The van der Waals surface area contributed by atoms with Gasteiger partial charge in [0.05, 0.1) is 22.9 Å². The molecule has 0 atom stereocenters. The Hall–Kier alpha value is -2.47. The van der Waals surface area contributed by atoms with Crippen molar-refractivity contribution in [2.75, 3.05) is 13.1 Å². The van der Waals surface area contributed by atoms with Gasteiger partial charge >= 0.3 is 6.09 Å². The van der Waals surface area contributed by atoms with Crippen LogP contribution < -0.4 is 10.6 Å². The van der Waals surface area contributed by atoms with E-state index in [1.807, 2.05) is 57.2 Å². The number of hydrogen-bond donors (Lipinski definition) is 2. The molecule has 2 rings (SSSR count). The molecule has 0 aliphatic heterocycles. The Bertz CT molecular complexity index is 707. The monoisotopic (exact) mass is 328 g/mol. The molecule has 6 nitrogen and oxygen atoms in total. The molecule has 0 aliphatic carbocycles. The van der Waals surface area contributed by atoms with Gasteiger partial charge in [0.1, 0.15) is 5.60 Å². The number of hydrogen-bond acceptors (Lipinski definition) is 5. The molecule has 0 saturated heterocycles. The fraction of sp³-hybridized carbons (Fsp3) is 0.389. The number of carbonyl (C=O) groups is 1. The lowest BCUT2D eigenvalue weighted by molar-refractivity contribution is 0.0534. The maximum absolute atomic E-state index is 11.4. The molecule has 6 heteroatoms. The normalized spacial score (nSPS) is 11.8. The van der Waals surface area contributed by atoms with Gasteiger partial charge < -0.3 is 15.4 Å². The van der Waals surface area contributed by atoms with Gasteiger partial charge in [0.25, 0.3) is 0 Å². The summed E-state index contributed by atoms with van der Waals surface area (Å²) in [5.74, 6) is 0. The van der Waals surface area contributed by atoms with Gasteiger partial charge in [-0.2, -0.15) is 0 Å². The maximum Gasteiger partial charge on any atom is 0.407 e. The molecule has 0 saturated carbocycles. The Morgan fingerprint density at radius 1 is 1.17 bits per heavy atom. The zero-order valence-corrected chi connectivity index (χ0v) is 14.4. The van der Waals surface area contributed by atoms with E-state index in [1.54, 1.807) is 6.20 Å². The van der Waals surface area contributed by atoms with Crippen molar-refractivity contribution in [3.63, 3.8) is 0 Å². The number of amides is 1. The van der Waals surface area contributed by atoms with Gasteiger partial charge in [0.15, 0.2) is 0 Å². The van der Waals surface area contributed by atoms with E-state index in [9.17, 15) is 4.79 Å². The second-order valence-corrected chi connectivity index (χ2v) is 6.34. The van der Waals surface area contributed by atoms with Crippen LogP contribution in [-0.2, 0) is 11.3 Å². The lowest BCUT2D eigenvalue weighted by Gasteiger charge is -2.19. The highest BCUT2D eigenvalue weighted by molar-refractivity contribution is 5.73. The topological polar surface area (TPSA) is 76.1 Å². The van der Waals surface area contributed by atoms with Crippen molar-refractivity contribution < 1.29 is 9.53 Å². The lowest BCUT2D eigenvalue weighted by atomic mass is 10.2. The standard InChI is InChI=1S/C18H24N4O2/c1-18(2,3)24-17(23)20-11-7-6-10-19-12-14-13-21-15-8-4-5-9-16(15)22-14/h4-9,13,19H,10-12H2,1-3H3,(H,20,23)/b7-6+. The summed E-state index contributed by atoms with van der Waals surface area (Å²) < 4.78 is 5.14. The quantitative estimate of drug-likeness (QED) is 0.630. The second-order valence-electron chi connectivity index (χ2n) is 6.34. The van der Waals surface area contributed by atoms with Crippen molar-refractivity contribution >= 4 is 17.1 Å². The molecule has 24 heavy (non-hydrogen) atoms. The Kier molecular flexibility index (Phi) is 6.26. The minimum Gasteiger partial charge on any atom is -0.444 e. The fourth-order valence-corrected chi connectivity index (χ4v) is 1.99. The first-order valence-electron chi connectivity index (χ1n) is 7.97. The van der Waals surface area contributed by atoms with Crippen LogP contribution in [-0.4, -0.2) is 34.8 Å². The summed E-state index contributed by atoms with van der Waals surface area (Å²) in [5.41, 5.74) is 2.22. The number of ether oxygens (including phenoxy) is 1. The summed E-state index contributed by atoms with van der Waals surface area (Å²) in [4.78, 5) is 20.4. The molecule has 1 amide bonds. The van der Waals surface area contributed by atoms with Crippen LogP contribution in [0.25, 0.3) is 11.0 Å². The molecule has 1 aromatic heterocycles. The summed E-state index contributed by atoms with van der Waals surface area (Å²) >= 11 is 0. The van der Waals surface area contributed by atoms with Crippen molar-refractivity contribution in [3.8, 4) is 0 Å². The number of fused-ring (bicyclic) bond motifs is 1. The number of nitrogens with one attached hydrogen (secondary N) is 2. The predicted octanol–water partition coefficient (Wildman–Crippen LogP) is 2.80. The number of aromatic nitrogens is 2. The van der Waals surface area contributed by atoms with E-state index >= 15 is 0 Å². The first kappa shape index (κ1) is 17.9. The third-order valence-corrected chi connectivity index (χ3v) is 3.00. The molecule has 0 bridgehead atoms. The van der Waals surface area contributed by atoms with Crippen molar-refractivity contribution in [2.45, 2.75) is 32.9 Å². The first-order valence-corrected chi connectivity index (χ1v) is 7.97. The molecule has 2 N–H and O–H groups in total. The highest BCUT2D eigenvalue weighted by Crippen LogP contribution is 2.08. The fourth-order valence-electron chi connectivity index (χ4n) is 1.99. The van der Waals surface area contributed by atoms with Gasteiger partial charge in [-0.15, -0.1) is 0 Å². The minimum absolute atomic E-state index is 0.411. The summed E-state index contributed by atoms with van der Waals surface area (Å²) in [6.07, 6.45) is 5.20. The zero-order chi connectivity index (χ0) is 17.4. The minimum atomic E-state index is -0.476. The molecule has 0 spiro atoms. The Morgan fingerprint density at radius 2 is 1.88 bits per heavy atom. The van der Waals surface area contributed by atoms with Crippen molar-refractivity contribution in [2.24, 2.45) is 0 Å². The van der Waals surface area contributed by atoms with Gasteiger partial charge in [0, 0.05) is 19.6 Å².